The van der Waals surface area contributed by atoms with Gasteiger partial charge in [0, 0.05) is 0 Å². The van der Waals surface area contributed by atoms with Gasteiger partial charge in [-0.2, -0.15) is 0 Å². The maximum Gasteiger partial charge on any atom is 0.118 e. The van der Waals surface area contributed by atoms with Crippen molar-refractivity contribution >= 4 is 0 Å². The molecule has 0 atom stereocenters. The van der Waals surface area contributed by atoms with Crippen LogP contribution in [0.2, 0.25) is 0 Å². The first-order valence-electron chi connectivity index (χ1n) is 11.0. The molecule has 0 bridgehead atoms. The first-order valence-corrected chi connectivity index (χ1v) is 11.0. The lowest BCUT2D eigenvalue weighted by Crippen LogP contribution is -2.50. The van der Waals surface area contributed by atoms with Crippen LogP contribution in [-0.2, 0) is 0 Å². The summed E-state index contributed by atoms with van der Waals surface area (Å²) < 4.78 is 6.39. The molecule has 0 aromatic heterocycles. The van der Waals surface area contributed by atoms with Crippen LogP contribution in [0.25, 0.3) is 0 Å². The second kappa shape index (κ2) is 16.2. The summed E-state index contributed by atoms with van der Waals surface area (Å²) in [6.45, 7) is 17.1. The molecule has 0 saturated heterocycles. The molecule has 2 heteroatoms. The SMILES string of the molecule is CCCC[N+](CCCC)(CCCC)CCCC.COc1ccc(C)cc1. The molecule has 0 heterocycles. The van der Waals surface area contributed by atoms with Crippen molar-refractivity contribution in [3.63, 3.8) is 0 Å². The zero-order chi connectivity index (χ0) is 19.7. The average molecular weight is 365 g/mol. The Kier molecular flexibility index (Phi) is 15.5. The highest BCUT2D eigenvalue weighted by Gasteiger charge is 2.24. The molecule has 1 aromatic carbocycles. The van der Waals surface area contributed by atoms with Crippen LogP contribution in [0, 0.1) is 6.92 Å². The van der Waals surface area contributed by atoms with E-state index in [1.807, 2.05) is 24.3 Å². The Morgan fingerprint density at radius 3 is 1.27 bits per heavy atom. The van der Waals surface area contributed by atoms with Gasteiger partial charge in [0.1, 0.15) is 5.75 Å². The quantitative estimate of drug-likeness (QED) is 0.342. The first-order chi connectivity index (χ1) is 12.6. The van der Waals surface area contributed by atoms with Crippen molar-refractivity contribution < 1.29 is 9.22 Å². The summed E-state index contributed by atoms with van der Waals surface area (Å²) in [5.41, 5.74) is 1.26. The predicted molar refractivity (Wildman–Crippen MR) is 117 cm³/mol. The van der Waals surface area contributed by atoms with E-state index >= 15 is 0 Å². The minimum absolute atomic E-state index is 0.917. The minimum Gasteiger partial charge on any atom is -0.497 e. The van der Waals surface area contributed by atoms with Crippen molar-refractivity contribution in [2.24, 2.45) is 0 Å². The lowest BCUT2D eigenvalue weighted by atomic mass is 10.1. The van der Waals surface area contributed by atoms with Crippen LogP contribution in [0.4, 0.5) is 0 Å². The van der Waals surface area contributed by atoms with E-state index in [1.165, 1.54) is 87.6 Å². The molecule has 1 aromatic rings. The van der Waals surface area contributed by atoms with E-state index < -0.39 is 0 Å². The number of aryl methyl sites for hydroxylation is 1. The van der Waals surface area contributed by atoms with Gasteiger partial charge in [-0.3, -0.25) is 0 Å². The van der Waals surface area contributed by atoms with Crippen LogP contribution < -0.4 is 4.74 Å². The zero-order valence-corrected chi connectivity index (χ0v) is 18.7. The van der Waals surface area contributed by atoms with Gasteiger partial charge in [-0.1, -0.05) is 71.1 Å². The number of rotatable bonds is 13. The molecular formula is C24H46NO+. The fraction of sp³-hybridized carbons (Fsp3) is 0.750. The molecule has 0 N–H and O–H groups in total. The Hall–Kier alpha value is -1.02. The summed E-state index contributed by atoms with van der Waals surface area (Å²) in [5, 5.41) is 0. The molecule has 2 nitrogen and oxygen atoms in total. The zero-order valence-electron chi connectivity index (χ0n) is 18.7. The molecule has 0 spiro atoms. The van der Waals surface area contributed by atoms with Gasteiger partial charge < -0.3 is 9.22 Å². The maximum atomic E-state index is 4.97. The number of unbranched alkanes of at least 4 members (excludes halogenated alkanes) is 4. The molecule has 0 fully saturated rings. The van der Waals surface area contributed by atoms with E-state index in [0.29, 0.717) is 0 Å². The number of benzene rings is 1. The molecule has 0 amide bonds. The lowest BCUT2D eigenvalue weighted by molar-refractivity contribution is -0.929. The normalized spacial score (nSPS) is 11.0. The van der Waals surface area contributed by atoms with Gasteiger partial charge in [0.25, 0.3) is 0 Å². The van der Waals surface area contributed by atoms with Crippen molar-refractivity contribution in [1.29, 1.82) is 0 Å². The van der Waals surface area contributed by atoms with Crippen molar-refractivity contribution in [2.75, 3.05) is 33.3 Å². The van der Waals surface area contributed by atoms with E-state index in [2.05, 4.69) is 34.6 Å². The number of hydrogen-bond donors (Lipinski definition) is 0. The van der Waals surface area contributed by atoms with E-state index in [4.69, 9.17) is 4.74 Å². The summed E-state index contributed by atoms with van der Waals surface area (Å²) in [6.07, 6.45) is 11.1. The third-order valence-corrected chi connectivity index (χ3v) is 5.20. The second-order valence-electron chi connectivity index (χ2n) is 7.67. The topological polar surface area (TPSA) is 9.23 Å². The van der Waals surface area contributed by atoms with Crippen molar-refractivity contribution in [1.82, 2.24) is 0 Å². The lowest BCUT2D eigenvalue weighted by Gasteiger charge is -2.39. The fourth-order valence-corrected chi connectivity index (χ4v) is 3.32. The summed E-state index contributed by atoms with van der Waals surface area (Å²) in [6, 6.07) is 7.96. The molecule has 0 saturated carbocycles. The molecular weight excluding hydrogens is 318 g/mol. The predicted octanol–water partition coefficient (Wildman–Crippen LogP) is 7.01. The summed E-state index contributed by atoms with van der Waals surface area (Å²) in [7, 11) is 1.67. The van der Waals surface area contributed by atoms with E-state index in [-0.39, 0.29) is 0 Å². The van der Waals surface area contributed by atoms with Gasteiger partial charge in [0.15, 0.2) is 0 Å². The Labute approximate surface area is 164 Å². The van der Waals surface area contributed by atoms with Crippen molar-refractivity contribution in [2.45, 2.75) is 86.0 Å². The molecule has 0 aliphatic carbocycles. The molecule has 0 radical (unpaired) electrons. The van der Waals surface area contributed by atoms with E-state index in [1.54, 1.807) is 7.11 Å². The molecule has 0 unspecified atom stereocenters. The standard InChI is InChI=1S/C16H36N.C8H10O/c1-5-9-13-17(14-10-6-2,15-11-7-3)16-12-8-4;1-7-3-5-8(9-2)6-4-7/h5-16H2,1-4H3;3-6H,1-2H3/q+1;. The summed E-state index contributed by atoms with van der Waals surface area (Å²) in [5.74, 6) is 0.917. The number of nitrogens with zero attached hydrogens (tertiary/aromatic N) is 1. The second-order valence-corrected chi connectivity index (χ2v) is 7.67. The van der Waals surface area contributed by atoms with Gasteiger partial charge in [0.05, 0.1) is 33.3 Å². The molecule has 1 rings (SSSR count). The monoisotopic (exact) mass is 364 g/mol. The van der Waals surface area contributed by atoms with Crippen LogP contribution in [0.15, 0.2) is 24.3 Å². The number of quaternary nitrogens is 1. The number of hydrogen-bond acceptors (Lipinski definition) is 1. The van der Waals surface area contributed by atoms with Gasteiger partial charge in [-0.25, -0.2) is 0 Å². The van der Waals surface area contributed by atoms with Gasteiger partial charge in [-0.05, 0) is 44.7 Å². The van der Waals surface area contributed by atoms with Crippen LogP contribution in [0.5, 0.6) is 5.75 Å². The number of ether oxygens (including phenoxy) is 1. The smallest absolute Gasteiger partial charge is 0.118 e. The number of methoxy groups -OCH3 is 1. The highest BCUT2D eigenvalue weighted by Crippen LogP contribution is 2.16. The third-order valence-electron chi connectivity index (χ3n) is 5.20. The highest BCUT2D eigenvalue weighted by molar-refractivity contribution is 5.25. The maximum absolute atomic E-state index is 4.97. The molecule has 0 aliphatic heterocycles. The Balaban J connectivity index is 0.000000577. The highest BCUT2D eigenvalue weighted by atomic mass is 16.5. The third kappa shape index (κ3) is 11.6. The Morgan fingerprint density at radius 1 is 0.654 bits per heavy atom. The molecule has 26 heavy (non-hydrogen) atoms. The van der Waals surface area contributed by atoms with Crippen LogP contribution in [0.3, 0.4) is 0 Å². The van der Waals surface area contributed by atoms with Crippen LogP contribution in [-0.4, -0.2) is 37.8 Å². The largest absolute Gasteiger partial charge is 0.497 e. The van der Waals surface area contributed by atoms with Crippen molar-refractivity contribution in [3.05, 3.63) is 29.8 Å². The van der Waals surface area contributed by atoms with Gasteiger partial charge >= 0.3 is 0 Å². The summed E-state index contributed by atoms with van der Waals surface area (Å²) >= 11 is 0. The summed E-state index contributed by atoms with van der Waals surface area (Å²) in [4.78, 5) is 0. The molecule has 152 valence electrons. The van der Waals surface area contributed by atoms with Crippen LogP contribution >= 0.6 is 0 Å². The fourth-order valence-electron chi connectivity index (χ4n) is 3.32. The molecule has 0 aliphatic rings. The van der Waals surface area contributed by atoms with Gasteiger partial charge in [0.2, 0.25) is 0 Å². The van der Waals surface area contributed by atoms with E-state index in [0.717, 1.165) is 5.75 Å². The van der Waals surface area contributed by atoms with Gasteiger partial charge in [-0.15, -0.1) is 0 Å². The first kappa shape index (κ1) is 25.0. The Bertz CT molecular complexity index is 375. The average Bonchev–Trinajstić information content (AvgIpc) is 2.68. The van der Waals surface area contributed by atoms with E-state index in [9.17, 15) is 0 Å². The minimum atomic E-state index is 0.917. The Morgan fingerprint density at radius 2 is 1.00 bits per heavy atom. The van der Waals surface area contributed by atoms with Crippen LogP contribution in [0.1, 0.15) is 84.6 Å². The van der Waals surface area contributed by atoms with Crippen molar-refractivity contribution in [3.8, 4) is 5.75 Å².